The molecule has 0 bridgehead atoms. The maximum Gasteiger partial charge on any atom is 0.391 e. The molecule has 3 atom stereocenters. The summed E-state index contributed by atoms with van der Waals surface area (Å²) < 4.78 is 48.2. The average Bonchev–Trinajstić information content (AvgIpc) is 2.29. The van der Waals surface area contributed by atoms with Crippen LogP contribution in [0.1, 0.15) is 32.6 Å². The van der Waals surface area contributed by atoms with Crippen molar-refractivity contribution in [2.75, 3.05) is 14.2 Å². The van der Waals surface area contributed by atoms with Gasteiger partial charge in [-0.25, -0.2) is 0 Å². The largest absolute Gasteiger partial charge is 0.391 e. The molecule has 0 aromatic heterocycles. The highest BCUT2D eigenvalue weighted by atomic mass is 19.4. The molecule has 0 spiro atoms. The van der Waals surface area contributed by atoms with Crippen LogP contribution in [0.5, 0.6) is 0 Å². The Hall–Kier alpha value is -0.330. The van der Waals surface area contributed by atoms with Gasteiger partial charge in [0, 0.05) is 20.3 Å². The summed E-state index contributed by atoms with van der Waals surface area (Å²) in [5.41, 5.74) is 0. The van der Waals surface area contributed by atoms with E-state index in [2.05, 4.69) is 5.32 Å². The molecule has 0 aromatic rings. The van der Waals surface area contributed by atoms with Crippen LogP contribution in [0.2, 0.25) is 0 Å². The van der Waals surface area contributed by atoms with E-state index in [0.717, 1.165) is 6.42 Å². The normalized spacial score (nSPS) is 27.5. The minimum Gasteiger partial charge on any atom is -0.354 e. The van der Waals surface area contributed by atoms with Crippen molar-refractivity contribution in [1.29, 1.82) is 0 Å². The molecule has 1 aliphatic carbocycles. The molecule has 1 N–H and O–H groups in total. The lowest BCUT2D eigenvalue weighted by Gasteiger charge is -2.34. The molecule has 1 aliphatic rings. The minimum atomic E-state index is -4.08. The standard InChI is InChI=1S/C12H22F3NO2/c1-8(11(17-2)18-3)16-10-6-4-5-9(7-10)12(13,14)15/h8-11,16H,4-7H2,1-3H3. The smallest absolute Gasteiger partial charge is 0.354 e. The van der Waals surface area contributed by atoms with Gasteiger partial charge in [-0.05, 0) is 26.2 Å². The molecule has 0 amide bonds. The number of hydrogen-bond acceptors (Lipinski definition) is 3. The number of halogens is 3. The topological polar surface area (TPSA) is 30.5 Å². The van der Waals surface area contributed by atoms with Crippen molar-refractivity contribution >= 4 is 0 Å². The Balaban J connectivity index is 2.47. The molecule has 3 nitrogen and oxygen atoms in total. The number of methoxy groups -OCH3 is 2. The van der Waals surface area contributed by atoms with E-state index in [-0.39, 0.29) is 24.9 Å². The van der Waals surface area contributed by atoms with Gasteiger partial charge in [0.05, 0.1) is 12.0 Å². The second kappa shape index (κ2) is 6.73. The molecular weight excluding hydrogens is 247 g/mol. The predicted octanol–water partition coefficient (Wildman–Crippen LogP) is 2.70. The summed E-state index contributed by atoms with van der Waals surface area (Å²) in [4.78, 5) is 0. The molecule has 6 heteroatoms. The number of ether oxygens (including phenoxy) is 2. The number of alkyl halides is 3. The third-order valence-electron chi connectivity index (χ3n) is 3.51. The predicted molar refractivity (Wildman–Crippen MR) is 62.2 cm³/mol. The minimum absolute atomic E-state index is 0.117. The van der Waals surface area contributed by atoms with Crippen LogP contribution in [0.3, 0.4) is 0 Å². The van der Waals surface area contributed by atoms with Gasteiger partial charge in [-0.1, -0.05) is 6.42 Å². The molecule has 0 aliphatic heterocycles. The second-order valence-corrected chi connectivity index (χ2v) is 4.90. The van der Waals surface area contributed by atoms with Crippen molar-refractivity contribution in [2.24, 2.45) is 5.92 Å². The number of hydrogen-bond donors (Lipinski definition) is 1. The quantitative estimate of drug-likeness (QED) is 0.778. The van der Waals surface area contributed by atoms with Gasteiger partial charge in [0.25, 0.3) is 0 Å². The fraction of sp³-hybridized carbons (Fsp3) is 1.00. The molecule has 1 saturated carbocycles. The summed E-state index contributed by atoms with van der Waals surface area (Å²) in [6, 6.07) is -0.245. The first-order chi connectivity index (χ1) is 8.38. The van der Waals surface area contributed by atoms with E-state index in [4.69, 9.17) is 9.47 Å². The Morgan fingerprint density at radius 3 is 2.28 bits per heavy atom. The molecule has 0 heterocycles. The summed E-state index contributed by atoms with van der Waals surface area (Å²) in [5.74, 6) is -1.18. The van der Waals surface area contributed by atoms with E-state index in [1.807, 2.05) is 6.92 Å². The SMILES string of the molecule is COC(OC)C(C)NC1CCCC(C(F)(F)F)C1. The third kappa shape index (κ3) is 4.40. The molecular formula is C12H22F3NO2. The zero-order valence-electron chi connectivity index (χ0n) is 11.1. The summed E-state index contributed by atoms with van der Waals surface area (Å²) in [5, 5.41) is 3.17. The zero-order chi connectivity index (χ0) is 13.8. The van der Waals surface area contributed by atoms with Crippen LogP contribution in [0, 0.1) is 5.92 Å². The molecule has 1 rings (SSSR count). The lowest BCUT2D eigenvalue weighted by Crippen LogP contribution is -2.48. The second-order valence-electron chi connectivity index (χ2n) is 4.90. The van der Waals surface area contributed by atoms with Crippen LogP contribution < -0.4 is 5.32 Å². The van der Waals surface area contributed by atoms with E-state index in [0.29, 0.717) is 6.42 Å². The maximum absolute atomic E-state index is 12.7. The van der Waals surface area contributed by atoms with Gasteiger partial charge < -0.3 is 14.8 Å². The van der Waals surface area contributed by atoms with Crippen LogP contribution >= 0.6 is 0 Å². The van der Waals surface area contributed by atoms with Crippen molar-refractivity contribution in [3.63, 3.8) is 0 Å². The fourth-order valence-corrected chi connectivity index (χ4v) is 2.59. The van der Waals surface area contributed by atoms with Crippen molar-refractivity contribution in [3.8, 4) is 0 Å². The van der Waals surface area contributed by atoms with Crippen molar-refractivity contribution in [1.82, 2.24) is 5.32 Å². The zero-order valence-corrected chi connectivity index (χ0v) is 11.1. The van der Waals surface area contributed by atoms with Crippen LogP contribution in [-0.2, 0) is 9.47 Å². The van der Waals surface area contributed by atoms with Gasteiger partial charge in [-0.15, -0.1) is 0 Å². The summed E-state index contributed by atoms with van der Waals surface area (Å²) in [6.07, 6.45) is -2.74. The van der Waals surface area contributed by atoms with Crippen LogP contribution in [0.15, 0.2) is 0 Å². The van der Waals surface area contributed by atoms with Crippen LogP contribution in [-0.4, -0.2) is 38.8 Å². The first-order valence-corrected chi connectivity index (χ1v) is 6.26. The molecule has 0 aromatic carbocycles. The van der Waals surface area contributed by atoms with E-state index in [9.17, 15) is 13.2 Å². The van der Waals surface area contributed by atoms with Gasteiger partial charge in [0.15, 0.2) is 6.29 Å². The highest BCUT2D eigenvalue weighted by molar-refractivity contribution is 4.83. The first-order valence-electron chi connectivity index (χ1n) is 6.26. The molecule has 1 fully saturated rings. The fourth-order valence-electron chi connectivity index (χ4n) is 2.59. The highest BCUT2D eigenvalue weighted by Crippen LogP contribution is 2.37. The van der Waals surface area contributed by atoms with Crippen LogP contribution in [0.25, 0.3) is 0 Å². The Morgan fingerprint density at radius 2 is 1.78 bits per heavy atom. The van der Waals surface area contributed by atoms with Gasteiger partial charge in [0.1, 0.15) is 0 Å². The van der Waals surface area contributed by atoms with Gasteiger partial charge in [-0.3, -0.25) is 0 Å². The average molecular weight is 269 g/mol. The van der Waals surface area contributed by atoms with Crippen LogP contribution in [0.4, 0.5) is 13.2 Å². The Morgan fingerprint density at radius 1 is 1.17 bits per heavy atom. The molecule has 3 unspecified atom stereocenters. The molecule has 0 saturated heterocycles. The molecule has 18 heavy (non-hydrogen) atoms. The summed E-state index contributed by atoms with van der Waals surface area (Å²) in [7, 11) is 3.04. The van der Waals surface area contributed by atoms with E-state index in [1.54, 1.807) is 0 Å². The van der Waals surface area contributed by atoms with E-state index >= 15 is 0 Å². The van der Waals surface area contributed by atoms with Crippen molar-refractivity contribution in [3.05, 3.63) is 0 Å². The van der Waals surface area contributed by atoms with Gasteiger partial charge >= 0.3 is 6.18 Å². The Kier molecular flexibility index (Phi) is 5.88. The Labute approximate surface area is 106 Å². The van der Waals surface area contributed by atoms with Gasteiger partial charge in [0.2, 0.25) is 0 Å². The molecule has 0 radical (unpaired) electrons. The first kappa shape index (κ1) is 15.7. The number of nitrogens with one attached hydrogen (secondary N) is 1. The Bertz CT molecular complexity index is 244. The van der Waals surface area contributed by atoms with E-state index in [1.165, 1.54) is 14.2 Å². The highest BCUT2D eigenvalue weighted by Gasteiger charge is 2.42. The third-order valence-corrected chi connectivity index (χ3v) is 3.51. The summed E-state index contributed by atoms with van der Waals surface area (Å²) in [6.45, 7) is 1.86. The lowest BCUT2D eigenvalue weighted by molar-refractivity contribution is -0.184. The van der Waals surface area contributed by atoms with Crippen molar-refractivity contribution in [2.45, 2.75) is 57.2 Å². The maximum atomic E-state index is 12.7. The monoisotopic (exact) mass is 269 g/mol. The van der Waals surface area contributed by atoms with Gasteiger partial charge in [-0.2, -0.15) is 13.2 Å². The van der Waals surface area contributed by atoms with E-state index < -0.39 is 18.4 Å². The summed E-state index contributed by atoms with van der Waals surface area (Å²) >= 11 is 0. The lowest BCUT2D eigenvalue weighted by atomic mass is 9.85. The molecule has 108 valence electrons. The van der Waals surface area contributed by atoms with Crippen molar-refractivity contribution < 1.29 is 22.6 Å². The number of rotatable bonds is 5.